The van der Waals surface area contributed by atoms with Crippen molar-refractivity contribution in [2.24, 2.45) is 5.92 Å². The maximum Gasteiger partial charge on any atom is 0.279 e. The minimum Gasteiger partial charge on any atom is -0.393 e. The minimum atomic E-state index is -3.30. The summed E-state index contributed by atoms with van der Waals surface area (Å²) in [6, 6.07) is 0. The Bertz CT molecular complexity index is 272. The van der Waals surface area contributed by atoms with Crippen molar-refractivity contribution in [2.45, 2.75) is 25.9 Å². The second-order valence-electron chi connectivity index (χ2n) is 3.77. The smallest absolute Gasteiger partial charge is 0.279 e. The summed E-state index contributed by atoms with van der Waals surface area (Å²) < 4.78 is 26.6. The van der Waals surface area contributed by atoms with Crippen molar-refractivity contribution in [3.8, 4) is 0 Å². The number of rotatable bonds is 5. The number of nitrogens with one attached hydrogen (secondary N) is 1. The van der Waals surface area contributed by atoms with Gasteiger partial charge in [-0.3, -0.25) is 0 Å². The van der Waals surface area contributed by atoms with Crippen LogP contribution in [0.15, 0.2) is 0 Å². The van der Waals surface area contributed by atoms with E-state index in [2.05, 4.69) is 4.72 Å². The quantitative estimate of drug-likeness (QED) is 0.661. The highest BCUT2D eigenvalue weighted by molar-refractivity contribution is 7.87. The van der Waals surface area contributed by atoms with Crippen LogP contribution >= 0.6 is 0 Å². The summed E-state index contributed by atoms with van der Waals surface area (Å²) in [6.07, 6.45) is 1.20. The molecule has 0 aliphatic heterocycles. The monoisotopic (exact) mass is 222 g/mol. The van der Waals surface area contributed by atoms with E-state index in [1.165, 1.54) is 4.31 Å². The van der Waals surface area contributed by atoms with E-state index in [1.807, 2.05) is 0 Å². The Kier molecular flexibility index (Phi) is 3.88. The summed E-state index contributed by atoms with van der Waals surface area (Å²) in [5, 5.41) is 9.05. The molecule has 0 radical (unpaired) electrons. The topological polar surface area (TPSA) is 69.6 Å². The zero-order valence-corrected chi connectivity index (χ0v) is 9.42. The Balaban J connectivity index is 2.37. The maximum absolute atomic E-state index is 11.4. The fourth-order valence-corrected chi connectivity index (χ4v) is 2.60. The average molecular weight is 222 g/mol. The number of hydrogen-bond donors (Lipinski definition) is 2. The third kappa shape index (κ3) is 2.91. The molecule has 0 saturated heterocycles. The van der Waals surface area contributed by atoms with Crippen LogP contribution in [-0.4, -0.2) is 44.1 Å². The van der Waals surface area contributed by atoms with Gasteiger partial charge in [0.05, 0.1) is 6.10 Å². The Morgan fingerprint density at radius 3 is 2.50 bits per heavy atom. The Hall–Kier alpha value is -0.170. The molecule has 0 aromatic rings. The molecule has 0 atom stereocenters. The lowest BCUT2D eigenvalue weighted by Gasteiger charge is -2.33. The number of hydrogen-bond acceptors (Lipinski definition) is 3. The predicted molar refractivity (Wildman–Crippen MR) is 54.0 cm³/mol. The lowest BCUT2D eigenvalue weighted by molar-refractivity contribution is 0.0366. The molecule has 1 aliphatic carbocycles. The lowest BCUT2D eigenvalue weighted by Crippen LogP contribution is -2.44. The van der Waals surface area contributed by atoms with Gasteiger partial charge in [-0.05, 0) is 18.8 Å². The van der Waals surface area contributed by atoms with Gasteiger partial charge in [0, 0.05) is 20.1 Å². The fraction of sp³-hybridized carbons (Fsp3) is 1.00. The van der Waals surface area contributed by atoms with Crippen LogP contribution in [0.25, 0.3) is 0 Å². The summed E-state index contributed by atoms with van der Waals surface area (Å²) in [7, 11) is -1.74. The Morgan fingerprint density at radius 2 is 2.07 bits per heavy atom. The van der Waals surface area contributed by atoms with Crippen molar-refractivity contribution in [1.29, 1.82) is 0 Å². The first-order chi connectivity index (χ1) is 6.45. The second-order valence-corrected chi connectivity index (χ2v) is 5.64. The van der Waals surface area contributed by atoms with Crippen molar-refractivity contribution in [3.63, 3.8) is 0 Å². The highest BCUT2D eigenvalue weighted by atomic mass is 32.2. The molecule has 0 unspecified atom stereocenters. The number of aliphatic hydroxyl groups excluding tert-OH is 1. The Morgan fingerprint density at radius 1 is 1.50 bits per heavy atom. The van der Waals surface area contributed by atoms with Gasteiger partial charge in [-0.25, -0.2) is 4.72 Å². The van der Waals surface area contributed by atoms with Crippen molar-refractivity contribution in [2.75, 3.05) is 20.1 Å². The van der Waals surface area contributed by atoms with Crippen LogP contribution in [0.2, 0.25) is 0 Å². The summed E-state index contributed by atoms with van der Waals surface area (Å²) in [4.78, 5) is 0. The normalized spacial score (nSPS) is 27.7. The first-order valence-corrected chi connectivity index (χ1v) is 6.28. The van der Waals surface area contributed by atoms with Gasteiger partial charge in [-0.15, -0.1) is 0 Å². The molecule has 1 aliphatic rings. The molecule has 84 valence electrons. The number of aliphatic hydroxyl groups is 1. The van der Waals surface area contributed by atoms with Gasteiger partial charge in [-0.2, -0.15) is 12.7 Å². The van der Waals surface area contributed by atoms with E-state index in [0.29, 0.717) is 31.8 Å². The molecule has 0 aromatic carbocycles. The molecule has 2 N–H and O–H groups in total. The van der Waals surface area contributed by atoms with E-state index in [1.54, 1.807) is 14.0 Å². The van der Waals surface area contributed by atoms with Gasteiger partial charge >= 0.3 is 0 Å². The van der Waals surface area contributed by atoms with Crippen molar-refractivity contribution in [1.82, 2.24) is 9.03 Å². The van der Waals surface area contributed by atoms with Crippen molar-refractivity contribution >= 4 is 10.2 Å². The zero-order chi connectivity index (χ0) is 10.8. The first kappa shape index (κ1) is 11.9. The highest BCUT2D eigenvalue weighted by Crippen LogP contribution is 2.27. The fourth-order valence-electron chi connectivity index (χ4n) is 1.60. The average Bonchev–Trinajstić information content (AvgIpc) is 2.01. The molecule has 0 amide bonds. The molecule has 1 fully saturated rings. The van der Waals surface area contributed by atoms with Gasteiger partial charge in [0.2, 0.25) is 0 Å². The molecule has 6 heteroatoms. The molecule has 0 spiro atoms. The van der Waals surface area contributed by atoms with Crippen LogP contribution < -0.4 is 4.72 Å². The Labute approximate surface area is 85.3 Å². The van der Waals surface area contributed by atoms with E-state index >= 15 is 0 Å². The highest BCUT2D eigenvalue weighted by Gasteiger charge is 2.30. The second kappa shape index (κ2) is 4.57. The van der Waals surface area contributed by atoms with E-state index in [0.717, 1.165) is 0 Å². The molecule has 0 bridgehead atoms. The van der Waals surface area contributed by atoms with E-state index in [4.69, 9.17) is 5.11 Å². The lowest BCUT2D eigenvalue weighted by atomic mass is 9.82. The van der Waals surface area contributed by atoms with Crippen LogP contribution in [0.5, 0.6) is 0 Å². The largest absolute Gasteiger partial charge is 0.393 e. The van der Waals surface area contributed by atoms with Gasteiger partial charge in [-0.1, -0.05) is 6.92 Å². The molecule has 0 aromatic heterocycles. The molecule has 1 saturated carbocycles. The molecular formula is C8H18N2O3S. The molecule has 0 heterocycles. The van der Waals surface area contributed by atoms with E-state index < -0.39 is 10.2 Å². The summed E-state index contributed by atoms with van der Waals surface area (Å²) in [6.45, 7) is 2.64. The van der Waals surface area contributed by atoms with Gasteiger partial charge in [0.25, 0.3) is 10.2 Å². The van der Waals surface area contributed by atoms with Crippen molar-refractivity contribution < 1.29 is 13.5 Å². The van der Waals surface area contributed by atoms with Crippen LogP contribution in [-0.2, 0) is 10.2 Å². The first-order valence-electron chi connectivity index (χ1n) is 4.84. The van der Waals surface area contributed by atoms with Gasteiger partial charge < -0.3 is 5.11 Å². The van der Waals surface area contributed by atoms with Crippen LogP contribution in [0.4, 0.5) is 0 Å². The standard InChI is InChI=1S/C8H18N2O3S/c1-3-9-14(12,13)10(2)6-7-4-8(11)5-7/h7-9,11H,3-6H2,1-2H3. The zero-order valence-electron chi connectivity index (χ0n) is 8.60. The van der Waals surface area contributed by atoms with E-state index in [-0.39, 0.29) is 6.10 Å². The van der Waals surface area contributed by atoms with Crippen LogP contribution in [0, 0.1) is 5.92 Å². The van der Waals surface area contributed by atoms with Crippen molar-refractivity contribution in [3.05, 3.63) is 0 Å². The van der Waals surface area contributed by atoms with Gasteiger partial charge in [0.1, 0.15) is 0 Å². The molecular weight excluding hydrogens is 204 g/mol. The third-order valence-electron chi connectivity index (χ3n) is 2.46. The minimum absolute atomic E-state index is 0.227. The molecule has 1 rings (SSSR count). The van der Waals surface area contributed by atoms with E-state index in [9.17, 15) is 8.42 Å². The summed E-state index contributed by atoms with van der Waals surface area (Å²) in [5.74, 6) is 0.309. The molecule has 5 nitrogen and oxygen atoms in total. The molecule has 14 heavy (non-hydrogen) atoms. The van der Waals surface area contributed by atoms with Gasteiger partial charge in [0.15, 0.2) is 0 Å². The third-order valence-corrected chi connectivity index (χ3v) is 4.09. The summed E-state index contributed by atoms with van der Waals surface area (Å²) in [5.41, 5.74) is 0. The predicted octanol–water partition coefficient (Wildman–Crippen LogP) is -0.457. The summed E-state index contributed by atoms with van der Waals surface area (Å²) >= 11 is 0. The number of nitrogens with zero attached hydrogens (tertiary/aromatic N) is 1. The van der Waals surface area contributed by atoms with Crippen LogP contribution in [0.1, 0.15) is 19.8 Å². The SMILES string of the molecule is CCNS(=O)(=O)N(C)CC1CC(O)C1. The van der Waals surface area contributed by atoms with Crippen LogP contribution in [0.3, 0.4) is 0 Å². The maximum atomic E-state index is 11.4.